The number of hydrogen-bond acceptors (Lipinski definition) is 4. The zero-order chi connectivity index (χ0) is 18.2. The van der Waals surface area contributed by atoms with E-state index in [9.17, 15) is 4.39 Å². The molecule has 0 bridgehead atoms. The van der Waals surface area contributed by atoms with Crippen molar-refractivity contribution in [3.63, 3.8) is 0 Å². The lowest BCUT2D eigenvalue weighted by atomic mass is 10.2. The lowest BCUT2D eigenvalue weighted by Crippen LogP contribution is -2.39. The van der Waals surface area contributed by atoms with Gasteiger partial charge in [0, 0.05) is 43.2 Å². The predicted octanol–water partition coefficient (Wildman–Crippen LogP) is 4.19. The standard InChI is InChI=1S/C19H23FN4OS.HI/c1-21-19(24-13-17-8-4-10-26-17)23-12-14-5-3-9-22-18(14)25-16-7-2-6-15(20)11-16;/h2-3,5-7,9,11,17H,4,8,10,12-13H2,1H3,(H2,21,23,24);1H. The Kier molecular flexibility index (Phi) is 9.12. The second-order valence-corrected chi connectivity index (χ2v) is 7.38. The van der Waals surface area contributed by atoms with E-state index >= 15 is 0 Å². The molecule has 2 heterocycles. The largest absolute Gasteiger partial charge is 0.439 e. The van der Waals surface area contributed by atoms with Crippen molar-refractivity contribution < 1.29 is 9.13 Å². The van der Waals surface area contributed by atoms with Gasteiger partial charge in [0.2, 0.25) is 5.88 Å². The number of benzene rings is 1. The summed E-state index contributed by atoms with van der Waals surface area (Å²) in [6, 6.07) is 9.81. The number of halogens is 2. The van der Waals surface area contributed by atoms with E-state index in [4.69, 9.17) is 4.74 Å². The van der Waals surface area contributed by atoms with Gasteiger partial charge in [-0.05, 0) is 36.8 Å². The molecule has 1 fully saturated rings. The zero-order valence-electron chi connectivity index (χ0n) is 15.2. The molecule has 0 aliphatic carbocycles. The van der Waals surface area contributed by atoms with Crippen LogP contribution in [0.25, 0.3) is 0 Å². The maximum absolute atomic E-state index is 13.3. The van der Waals surface area contributed by atoms with E-state index in [-0.39, 0.29) is 29.8 Å². The van der Waals surface area contributed by atoms with Crippen LogP contribution in [0.1, 0.15) is 18.4 Å². The number of guanidine groups is 1. The molecule has 2 aromatic rings. The number of pyridine rings is 1. The first-order valence-electron chi connectivity index (χ1n) is 8.68. The van der Waals surface area contributed by atoms with Crippen molar-refractivity contribution in [1.29, 1.82) is 0 Å². The third kappa shape index (κ3) is 6.84. The molecule has 1 aliphatic heterocycles. The van der Waals surface area contributed by atoms with Crippen LogP contribution in [0.15, 0.2) is 47.6 Å². The second-order valence-electron chi connectivity index (χ2n) is 5.97. The Morgan fingerprint density at radius 2 is 2.22 bits per heavy atom. The molecule has 2 N–H and O–H groups in total. The van der Waals surface area contributed by atoms with Crippen LogP contribution in [0.4, 0.5) is 4.39 Å². The first-order valence-corrected chi connectivity index (χ1v) is 9.73. The lowest BCUT2D eigenvalue weighted by Gasteiger charge is -2.16. The van der Waals surface area contributed by atoms with Crippen LogP contribution >= 0.6 is 35.7 Å². The molecule has 1 saturated heterocycles. The van der Waals surface area contributed by atoms with Crippen LogP contribution < -0.4 is 15.4 Å². The van der Waals surface area contributed by atoms with E-state index in [1.807, 2.05) is 23.9 Å². The molecule has 1 aromatic heterocycles. The minimum atomic E-state index is -0.340. The third-order valence-electron chi connectivity index (χ3n) is 4.05. The summed E-state index contributed by atoms with van der Waals surface area (Å²) in [7, 11) is 1.75. The highest BCUT2D eigenvalue weighted by Crippen LogP contribution is 2.25. The SMILES string of the molecule is CN=C(NCc1cccnc1Oc1cccc(F)c1)NCC1CCCS1.I. The Labute approximate surface area is 180 Å². The minimum Gasteiger partial charge on any atom is -0.439 e. The molecule has 0 amide bonds. The fourth-order valence-electron chi connectivity index (χ4n) is 2.71. The van der Waals surface area contributed by atoms with Crippen molar-refractivity contribution >= 4 is 41.7 Å². The number of hydrogen-bond donors (Lipinski definition) is 2. The molecule has 5 nitrogen and oxygen atoms in total. The van der Waals surface area contributed by atoms with Crippen molar-refractivity contribution in [2.75, 3.05) is 19.3 Å². The normalized spacial score (nSPS) is 16.5. The van der Waals surface area contributed by atoms with Crippen LogP contribution in [0.3, 0.4) is 0 Å². The molecular weight excluding hydrogens is 478 g/mol. The number of aromatic nitrogens is 1. The molecular formula is C19H24FIN4OS. The van der Waals surface area contributed by atoms with Crippen LogP contribution in [-0.4, -0.2) is 35.5 Å². The van der Waals surface area contributed by atoms with Crippen molar-refractivity contribution in [3.05, 3.63) is 54.0 Å². The predicted molar refractivity (Wildman–Crippen MR) is 120 cm³/mol. The van der Waals surface area contributed by atoms with Gasteiger partial charge >= 0.3 is 0 Å². The fourth-order valence-corrected chi connectivity index (χ4v) is 3.91. The van der Waals surface area contributed by atoms with Crippen LogP contribution in [0, 0.1) is 5.82 Å². The third-order valence-corrected chi connectivity index (χ3v) is 5.45. The summed E-state index contributed by atoms with van der Waals surface area (Å²) in [5.41, 5.74) is 0.870. The summed E-state index contributed by atoms with van der Waals surface area (Å²) in [6.45, 7) is 1.42. The van der Waals surface area contributed by atoms with Gasteiger partial charge in [-0.2, -0.15) is 11.8 Å². The van der Waals surface area contributed by atoms with Gasteiger partial charge in [0.1, 0.15) is 11.6 Å². The number of aliphatic imine (C=N–C) groups is 1. The average Bonchev–Trinajstić information content (AvgIpc) is 3.17. The van der Waals surface area contributed by atoms with E-state index in [0.29, 0.717) is 23.4 Å². The van der Waals surface area contributed by atoms with E-state index in [0.717, 1.165) is 18.1 Å². The van der Waals surface area contributed by atoms with Gasteiger partial charge in [-0.25, -0.2) is 9.37 Å². The Balaban J connectivity index is 0.00000261. The van der Waals surface area contributed by atoms with Crippen LogP contribution in [-0.2, 0) is 6.54 Å². The van der Waals surface area contributed by atoms with E-state index in [2.05, 4.69) is 20.6 Å². The molecule has 0 spiro atoms. The molecule has 1 aliphatic rings. The Bertz CT molecular complexity index is 756. The maximum atomic E-state index is 13.3. The van der Waals surface area contributed by atoms with Crippen molar-refractivity contribution in [2.45, 2.75) is 24.6 Å². The van der Waals surface area contributed by atoms with Gasteiger partial charge in [0.05, 0.1) is 0 Å². The first kappa shape index (κ1) is 21.7. The van der Waals surface area contributed by atoms with Crippen molar-refractivity contribution in [2.24, 2.45) is 4.99 Å². The van der Waals surface area contributed by atoms with Gasteiger partial charge in [0.25, 0.3) is 0 Å². The van der Waals surface area contributed by atoms with Gasteiger partial charge in [-0.1, -0.05) is 12.1 Å². The van der Waals surface area contributed by atoms with Gasteiger partial charge < -0.3 is 15.4 Å². The quantitative estimate of drug-likeness (QED) is 0.353. The molecule has 27 heavy (non-hydrogen) atoms. The second kappa shape index (κ2) is 11.3. The molecule has 1 unspecified atom stereocenters. The van der Waals surface area contributed by atoms with Crippen LogP contribution in [0.5, 0.6) is 11.6 Å². The smallest absolute Gasteiger partial charge is 0.224 e. The summed E-state index contributed by atoms with van der Waals surface area (Å²) in [6.07, 6.45) is 4.20. The van der Waals surface area contributed by atoms with Gasteiger partial charge in [-0.15, -0.1) is 24.0 Å². The van der Waals surface area contributed by atoms with E-state index in [1.54, 1.807) is 25.4 Å². The number of nitrogens with zero attached hydrogens (tertiary/aromatic N) is 2. The minimum absolute atomic E-state index is 0. The highest BCUT2D eigenvalue weighted by molar-refractivity contribution is 14.0. The molecule has 146 valence electrons. The zero-order valence-corrected chi connectivity index (χ0v) is 18.3. The molecule has 0 radical (unpaired) electrons. The molecule has 1 aromatic carbocycles. The summed E-state index contributed by atoms with van der Waals surface area (Å²) in [5.74, 6) is 2.53. The highest BCUT2D eigenvalue weighted by atomic mass is 127. The number of thioether (sulfide) groups is 1. The van der Waals surface area contributed by atoms with Crippen molar-refractivity contribution in [3.8, 4) is 11.6 Å². The number of rotatable bonds is 6. The topological polar surface area (TPSA) is 58.5 Å². The van der Waals surface area contributed by atoms with Crippen LogP contribution in [0.2, 0.25) is 0 Å². The van der Waals surface area contributed by atoms with E-state index < -0.39 is 0 Å². The molecule has 3 rings (SSSR count). The maximum Gasteiger partial charge on any atom is 0.224 e. The van der Waals surface area contributed by atoms with Gasteiger partial charge in [0.15, 0.2) is 5.96 Å². The average molecular weight is 502 g/mol. The number of nitrogens with one attached hydrogen (secondary N) is 2. The summed E-state index contributed by atoms with van der Waals surface area (Å²) < 4.78 is 19.1. The summed E-state index contributed by atoms with van der Waals surface area (Å²) in [5, 5.41) is 7.30. The summed E-state index contributed by atoms with van der Waals surface area (Å²) >= 11 is 2.01. The van der Waals surface area contributed by atoms with E-state index in [1.165, 1.54) is 30.7 Å². The molecule has 0 saturated carbocycles. The number of ether oxygens (including phenoxy) is 1. The molecule has 8 heteroatoms. The highest BCUT2D eigenvalue weighted by Gasteiger charge is 2.15. The first-order chi connectivity index (χ1) is 12.7. The lowest BCUT2D eigenvalue weighted by molar-refractivity contribution is 0.450. The Hall–Kier alpha value is -1.55. The summed E-state index contributed by atoms with van der Waals surface area (Å²) in [4.78, 5) is 8.53. The Morgan fingerprint density at radius 3 is 2.96 bits per heavy atom. The van der Waals surface area contributed by atoms with Gasteiger partial charge in [-0.3, -0.25) is 4.99 Å². The fraction of sp³-hybridized carbons (Fsp3) is 0.368. The van der Waals surface area contributed by atoms with Crippen molar-refractivity contribution in [1.82, 2.24) is 15.6 Å². The monoisotopic (exact) mass is 502 g/mol. The molecule has 1 atom stereocenters. The Morgan fingerprint density at radius 1 is 1.33 bits per heavy atom.